The van der Waals surface area contributed by atoms with Gasteiger partial charge in [-0.1, -0.05) is 37.5 Å². The van der Waals surface area contributed by atoms with Crippen LogP contribution < -0.4 is 5.32 Å². The molecule has 2 rings (SSSR count). The lowest BCUT2D eigenvalue weighted by molar-refractivity contribution is -0.0424. The molecule has 1 fully saturated rings. The Morgan fingerprint density at radius 1 is 1.25 bits per heavy atom. The first-order valence-corrected chi connectivity index (χ1v) is 7.75. The van der Waals surface area contributed by atoms with Gasteiger partial charge in [0.2, 0.25) is 0 Å². The molecule has 3 atom stereocenters. The fourth-order valence-electron chi connectivity index (χ4n) is 2.73. The fourth-order valence-corrected chi connectivity index (χ4v) is 2.73. The van der Waals surface area contributed by atoms with E-state index in [2.05, 4.69) is 31.3 Å². The summed E-state index contributed by atoms with van der Waals surface area (Å²) in [4.78, 5) is 0. The molecule has 0 spiro atoms. The van der Waals surface area contributed by atoms with E-state index in [4.69, 9.17) is 4.74 Å². The summed E-state index contributed by atoms with van der Waals surface area (Å²) >= 11 is 0. The van der Waals surface area contributed by atoms with Gasteiger partial charge in [0.1, 0.15) is 0 Å². The van der Waals surface area contributed by atoms with Crippen molar-refractivity contribution in [1.29, 1.82) is 0 Å². The van der Waals surface area contributed by atoms with Crippen molar-refractivity contribution >= 4 is 5.69 Å². The van der Waals surface area contributed by atoms with Crippen LogP contribution in [0, 0.1) is 12.8 Å². The number of hydrogen-bond donors (Lipinski definition) is 2. The summed E-state index contributed by atoms with van der Waals surface area (Å²) in [6.45, 7) is 5.27. The van der Waals surface area contributed by atoms with Crippen LogP contribution in [0.2, 0.25) is 0 Å². The third-order valence-corrected chi connectivity index (χ3v) is 4.13. The zero-order chi connectivity index (χ0) is 14.4. The van der Waals surface area contributed by atoms with Crippen LogP contribution in [-0.4, -0.2) is 30.5 Å². The quantitative estimate of drug-likeness (QED) is 0.837. The summed E-state index contributed by atoms with van der Waals surface area (Å²) in [6, 6.07) is 8.20. The molecule has 0 radical (unpaired) electrons. The molecule has 0 heterocycles. The number of aryl methyl sites for hydroxylation is 1. The van der Waals surface area contributed by atoms with Crippen molar-refractivity contribution < 1.29 is 9.84 Å². The zero-order valence-electron chi connectivity index (χ0n) is 12.6. The molecule has 1 aromatic rings. The van der Waals surface area contributed by atoms with E-state index in [-0.39, 0.29) is 0 Å². The van der Waals surface area contributed by atoms with Gasteiger partial charge in [0.25, 0.3) is 0 Å². The molecule has 3 unspecified atom stereocenters. The third-order valence-electron chi connectivity index (χ3n) is 4.13. The van der Waals surface area contributed by atoms with Gasteiger partial charge in [-0.25, -0.2) is 0 Å². The Morgan fingerprint density at radius 2 is 1.95 bits per heavy atom. The summed E-state index contributed by atoms with van der Waals surface area (Å²) in [6.07, 6.45) is 4.84. The Hall–Kier alpha value is -1.06. The highest BCUT2D eigenvalue weighted by atomic mass is 16.5. The molecule has 0 bridgehead atoms. The minimum Gasteiger partial charge on any atom is -0.389 e. The average Bonchev–Trinajstić information content (AvgIpc) is 2.46. The molecular weight excluding hydrogens is 250 g/mol. The number of anilines is 1. The monoisotopic (exact) mass is 277 g/mol. The first-order valence-electron chi connectivity index (χ1n) is 7.75. The maximum absolute atomic E-state index is 9.99. The zero-order valence-corrected chi connectivity index (χ0v) is 12.6. The minimum absolute atomic E-state index is 0.331. The molecule has 112 valence electrons. The van der Waals surface area contributed by atoms with Crippen molar-refractivity contribution in [2.45, 2.75) is 51.7 Å². The second-order valence-corrected chi connectivity index (χ2v) is 6.03. The summed E-state index contributed by atoms with van der Waals surface area (Å²) in [7, 11) is 0. The van der Waals surface area contributed by atoms with Crippen molar-refractivity contribution in [2.24, 2.45) is 5.92 Å². The predicted octanol–water partition coefficient (Wildman–Crippen LogP) is 3.36. The lowest BCUT2D eigenvalue weighted by atomic mass is 9.88. The lowest BCUT2D eigenvalue weighted by Gasteiger charge is -2.29. The van der Waals surface area contributed by atoms with Crippen LogP contribution in [0.4, 0.5) is 5.69 Å². The Balaban J connectivity index is 1.67. The first-order chi connectivity index (χ1) is 9.65. The molecule has 0 aliphatic heterocycles. The molecule has 3 heteroatoms. The van der Waals surface area contributed by atoms with Crippen LogP contribution in [0.1, 0.15) is 38.2 Å². The molecule has 0 saturated heterocycles. The van der Waals surface area contributed by atoms with Crippen LogP contribution in [-0.2, 0) is 4.74 Å². The van der Waals surface area contributed by atoms with Gasteiger partial charge in [-0.2, -0.15) is 0 Å². The number of nitrogens with one attached hydrogen (secondary N) is 1. The topological polar surface area (TPSA) is 41.5 Å². The highest BCUT2D eigenvalue weighted by Crippen LogP contribution is 2.26. The van der Waals surface area contributed by atoms with Crippen molar-refractivity contribution in [3.05, 3.63) is 29.8 Å². The lowest BCUT2D eigenvalue weighted by Crippen LogP contribution is -2.32. The smallest absolute Gasteiger partial charge is 0.0945 e. The van der Waals surface area contributed by atoms with E-state index in [1.807, 2.05) is 12.1 Å². The maximum atomic E-state index is 9.99. The predicted molar refractivity (Wildman–Crippen MR) is 83.0 cm³/mol. The maximum Gasteiger partial charge on any atom is 0.0945 e. The third kappa shape index (κ3) is 4.80. The normalized spacial score (nSPS) is 24.4. The van der Waals surface area contributed by atoms with Crippen molar-refractivity contribution in [3.63, 3.8) is 0 Å². The number of aliphatic hydroxyl groups is 1. The van der Waals surface area contributed by atoms with Crippen molar-refractivity contribution in [2.75, 3.05) is 18.5 Å². The molecule has 1 saturated carbocycles. The van der Waals surface area contributed by atoms with Crippen LogP contribution >= 0.6 is 0 Å². The van der Waals surface area contributed by atoms with E-state index in [1.165, 1.54) is 24.8 Å². The molecule has 0 amide bonds. The molecule has 1 aliphatic carbocycles. The Labute approximate surface area is 122 Å². The Morgan fingerprint density at radius 3 is 2.65 bits per heavy atom. The van der Waals surface area contributed by atoms with E-state index in [0.29, 0.717) is 25.2 Å². The van der Waals surface area contributed by atoms with Crippen molar-refractivity contribution in [3.8, 4) is 0 Å². The van der Waals surface area contributed by atoms with Gasteiger partial charge in [0.05, 0.1) is 18.8 Å². The van der Waals surface area contributed by atoms with Gasteiger partial charge in [0, 0.05) is 12.2 Å². The van der Waals surface area contributed by atoms with Crippen molar-refractivity contribution in [1.82, 2.24) is 0 Å². The van der Waals surface area contributed by atoms with Gasteiger partial charge in [-0.3, -0.25) is 0 Å². The second kappa shape index (κ2) is 7.65. The SMILES string of the molecule is Cc1ccc(NCC(O)COC2CCCCC2C)cc1. The highest BCUT2D eigenvalue weighted by Gasteiger charge is 2.22. The summed E-state index contributed by atoms with van der Waals surface area (Å²) < 4.78 is 5.87. The summed E-state index contributed by atoms with van der Waals surface area (Å²) in [5.74, 6) is 0.626. The standard InChI is InChI=1S/C17H27NO2/c1-13-7-9-15(10-8-13)18-11-16(19)12-20-17-6-4-3-5-14(17)2/h7-10,14,16-19H,3-6,11-12H2,1-2H3. The van der Waals surface area contributed by atoms with E-state index in [0.717, 1.165) is 12.1 Å². The van der Waals surface area contributed by atoms with Crippen LogP contribution in [0.15, 0.2) is 24.3 Å². The van der Waals surface area contributed by atoms with Crippen LogP contribution in [0.5, 0.6) is 0 Å². The fraction of sp³-hybridized carbons (Fsp3) is 0.647. The Kier molecular flexibility index (Phi) is 5.86. The van der Waals surface area contributed by atoms with Crippen LogP contribution in [0.25, 0.3) is 0 Å². The molecule has 1 aliphatic rings. The Bertz CT molecular complexity index is 390. The van der Waals surface area contributed by atoms with Gasteiger partial charge < -0.3 is 15.2 Å². The number of aliphatic hydroxyl groups excluding tert-OH is 1. The molecule has 0 aromatic heterocycles. The minimum atomic E-state index is -0.453. The van der Waals surface area contributed by atoms with Gasteiger partial charge >= 0.3 is 0 Å². The molecule has 2 N–H and O–H groups in total. The van der Waals surface area contributed by atoms with Gasteiger partial charge in [-0.05, 0) is 37.8 Å². The molecule has 20 heavy (non-hydrogen) atoms. The number of ether oxygens (including phenoxy) is 1. The van der Waals surface area contributed by atoms with E-state index in [9.17, 15) is 5.11 Å². The molecule has 3 nitrogen and oxygen atoms in total. The second-order valence-electron chi connectivity index (χ2n) is 6.03. The number of hydrogen-bond acceptors (Lipinski definition) is 3. The average molecular weight is 277 g/mol. The largest absolute Gasteiger partial charge is 0.389 e. The first kappa shape index (κ1) is 15.3. The molecular formula is C17H27NO2. The van der Waals surface area contributed by atoms with E-state index in [1.54, 1.807) is 0 Å². The van der Waals surface area contributed by atoms with Gasteiger partial charge in [0.15, 0.2) is 0 Å². The van der Waals surface area contributed by atoms with Crippen LogP contribution in [0.3, 0.4) is 0 Å². The van der Waals surface area contributed by atoms with E-state index < -0.39 is 6.10 Å². The number of benzene rings is 1. The highest BCUT2D eigenvalue weighted by molar-refractivity contribution is 5.44. The molecule has 1 aromatic carbocycles. The van der Waals surface area contributed by atoms with Gasteiger partial charge in [-0.15, -0.1) is 0 Å². The van der Waals surface area contributed by atoms with E-state index >= 15 is 0 Å². The summed E-state index contributed by atoms with van der Waals surface area (Å²) in [5, 5.41) is 13.2. The number of rotatable bonds is 6. The summed E-state index contributed by atoms with van der Waals surface area (Å²) in [5.41, 5.74) is 2.28.